The molecule has 1 amide bonds. The smallest absolute Gasteiger partial charge is 0.315 e. The first-order chi connectivity index (χ1) is 16.3. The van der Waals surface area contributed by atoms with Crippen molar-refractivity contribution in [2.24, 2.45) is 0 Å². The van der Waals surface area contributed by atoms with E-state index in [1.807, 2.05) is 18.2 Å². The fraction of sp³-hybridized carbons (Fsp3) is 0.400. The van der Waals surface area contributed by atoms with Gasteiger partial charge < -0.3 is 19.5 Å². The van der Waals surface area contributed by atoms with Crippen molar-refractivity contribution in [1.82, 2.24) is 4.90 Å². The van der Waals surface area contributed by atoms with Crippen LogP contribution in [0.1, 0.15) is 62.7 Å². The number of carbonyl (C=O) groups excluding carboxylic acids is 2. The summed E-state index contributed by atoms with van der Waals surface area (Å²) >= 11 is 0. The van der Waals surface area contributed by atoms with Gasteiger partial charge in [0.15, 0.2) is 0 Å². The lowest BCUT2D eigenvalue weighted by molar-refractivity contribution is -0.137. The molecular formula is C25H27NO6. The van der Waals surface area contributed by atoms with E-state index in [9.17, 15) is 14.4 Å². The number of amides is 1. The molecule has 2 aliphatic rings. The first-order valence-corrected chi connectivity index (χ1v) is 10.8. The molecule has 0 saturated heterocycles. The highest BCUT2D eigenvalue weighted by molar-refractivity contribution is 5.96. The highest BCUT2D eigenvalue weighted by Gasteiger charge is 2.34. The fourth-order valence-electron chi connectivity index (χ4n) is 3.67. The molecule has 0 bridgehead atoms. The second kappa shape index (κ2) is 9.85. The molecule has 1 aliphatic heterocycles. The highest BCUT2D eigenvalue weighted by atomic mass is 16.5. The van der Waals surface area contributed by atoms with Crippen LogP contribution >= 0.6 is 0 Å². The third kappa shape index (κ3) is 5.46. The number of aliphatic carboxylic acids is 1. The van der Waals surface area contributed by atoms with Gasteiger partial charge in [-0.1, -0.05) is 18.2 Å². The quantitative estimate of drug-likeness (QED) is 0.323. The second-order valence-electron chi connectivity index (χ2n) is 7.92. The molecule has 0 spiro atoms. The topological polar surface area (TPSA) is 93.1 Å². The largest absolute Gasteiger partial charge is 0.493 e. The summed E-state index contributed by atoms with van der Waals surface area (Å²) in [7, 11) is 0. The minimum absolute atomic E-state index is 0.104. The van der Waals surface area contributed by atoms with Crippen molar-refractivity contribution in [3.8, 4) is 11.5 Å². The van der Waals surface area contributed by atoms with Crippen LogP contribution in [0.2, 0.25) is 0 Å². The molecule has 7 nitrogen and oxygen atoms in total. The van der Waals surface area contributed by atoms with Gasteiger partial charge in [-0.05, 0) is 56.3 Å². The summed E-state index contributed by atoms with van der Waals surface area (Å²) in [6, 6.07) is 10.8. The summed E-state index contributed by atoms with van der Waals surface area (Å²) in [5.74, 6) is -0.514. The molecule has 0 aromatic heterocycles. The molecule has 168 valence electrons. The van der Waals surface area contributed by atoms with Crippen molar-refractivity contribution in [2.75, 3.05) is 6.61 Å². The molecule has 2 unspecified atom stereocenters. The number of para-hydroxylation sites is 1. The van der Waals surface area contributed by atoms with Crippen LogP contribution in [-0.2, 0) is 22.6 Å². The maximum Gasteiger partial charge on any atom is 0.315 e. The number of unbranched alkanes of at least 4 members (excludes halogenated alkanes) is 2. The molecule has 1 heterocycles. The van der Waals surface area contributed by atoms with E-state index < -0.39 is 18.4 Å². The standard InChI is InChI=1S/C25H27NO6/c27-23(28)8-2-1-5-13-31-21-7-4-3-6-18(21)16-26(20-10-11-20)25(30)17-9-12-22-19(14-17)15-24(29)32-22/h3-4,6-7,9,12,14,20H,1-2,5,8,10-11,13,15-16H2,(H,27,28)/i10D,20D. The summed E-state index contributed by atoms with van der Waals surface area (Å²) in [5, 5.41) is 8.73. The van der Waals surface area contributed by atoms with Gasteiger partial charge in [0.1, 0.15) is 11.5 Å². The van der Waals surface area contributed by atoms with Crippen molar-refractivity contribution in [2.45, 2.75) is 57.5 Å². The van der Waals surface area contributed by atoms with E-state index in [-0.39, 0.29) is 37.7 Å². The fourth-order valence-corrected chi connectivity index (χ4v) is 3.67. The third-order valence-electron chi connectivity index (χ3n) is 5.44. The summed E-state index contributed by atoms with van der Waals surface area (Å²) in [6.45, 7) is 0.524. The Morgan fingerprint density at radius 1 is 1.22 bits per heavy atom. The van der Waals surface area contributed by atoms with Gasteiger partial charge in [0.05, 0.1) is 14.4 Å². The lowest BCUT2D eigenvalue weighted by Gasteiger charge is -2.24. The maximum atomic E-state index is 13.5. The number of carboxylic acid groups (broad SMARTS) is 1. The Morgan fingerprint density at radius 2 is 2.03 bits per heavy atom. The van der Waals surface area contributed by atoms with Crippen LogP contribution in [-0.4, -0.2) is 40.5 Å². The Balaban J connectivity index is 1.48. The minimum Gasteiger partial charge on any atom is -0.493 e. The third-order valence-corrected chi connectivity index (χ3v) is 5.44. The summed E-state index contributed by atoms with van der Waals surface area (Å²) < 4.78 is 27.8. The molecule has 4 rings (SSSR count). The summed E-state index contributed by atoms with van der Waals surface area (Å²) in [4.78, 5) is 37.1. The molecule has 2 atom stereocenters. The number of carboxylic acids is 1. The monoisotopic (exact) mass is 439 g/mol. The van der Waals surface area contributed by atoms with E-state index in [0.29, 0.717) is 42.1 Å². The van der Waals surface area contributed by atoms with E-state index in [1.54, 1.807) is 24.3 Å². The zero-order chi connectivity index (χ0) is 24.3. The van der Waals surface area contributed by atoms with E-state index in [0.717, 1.165) is 12.0 Å². The van der Waals surface area contributed by atoms with Crippen LogP contribution in [0.25, 0.3) is 0 Å². The van der Waals surface area contributed by atoms with Crippen molar-refractivity contribution in [3.63, 3.8) is 0 Å². The number of fused-ring (bicyclic) bond motifs is 1. The van der Waals surface area contributed by atoms with Crippen LogP contribution < -0.4 is 9.47 Å². The van der Waals surface area contributed by atoms with E-state index in [1.165, 1.54) is 4.90 Å². The van der Waals surface area contributed by atoms with Crippen LogP contribution in [0.3, 0.4) is 0 Å². The average Bonchev–Trinajstić information content (AvgIpc) is 3.23. The second-order valence-corrected chi connectivity index (χ2v) is 7.92. The minimum atomic E-state index is -1.33. The number of rotatable bonds is 11. The lowest BCUT2D eigenvalue weighted by atomic mass is 10.1. The molecule has 2 aromatic rings. The van der Waals surface area contributed by atoms with Gasteiger partial charge in [-0.3, -0.25) is 14.4 Å². The molecule has 0 radical (unpaired) electrons. The Bertz CT molecular complexity index is 1110. The van der Waals surface area contributed by atoms with Gasteiger partial charge in [-0.25, -0.2) is 0 Å². The molecule has 1 N–H and O–H groups in total. The number of nitrogens with zero attached hydrogens (tertiary/aromatic N) is 1. The maximum absolute atomic E-state index is 13.5. The molecule has 7 heteroatoms. The highest BCUT2D eigenvalue weighted by Crippen LogP contribution is 2.33. The van der Waals surface area contributed by atoms with Gasteiger partial charge in [0, 0.05) is 37.0 Å². The van der Waals surface area contributed by atoms with Crippen molar-refractivity contribution >= 4 is 17.8 Å². The number of hydrogen-bond acceptors (Lipinski definition) is 5. The first kappa shape index (κ1) is 19.3. The van der Waals surface area contributed by atoms with Crippen LogP contribution in [0, 0.1) is 0 Å². The molecule has 1 aliphatic carbocycles. The predicted octanol–water partition coefficient (Wildman–Crippen LogP) is 3.98. The van der Waals surface area contributed by atoms with E-state index in [4.69, 9.17) is 17.3 Å². The summed E-state index contributed by atoms with van der Waals surface area (Å²) in [5.41, 5.74) is 1.71. The number of benzene rings is 2. The number of ether oxygens (including phenoxy) is 2. The average molecular weight is 440 g/mol. The van der Waals surface area contributed by atoms with Crippen LogP contribution in [0.5, 0.6) is 11.5 Å². The van der Waals surface area contributed by atoms with Gasteiger partial charge in [0.2, 0.25) is 0 Å². The first-order valence-electron chi connectivity index (χ1n) is 11.9. The van der Waals surface area contributed by atoms with Gasteiger partial charge in [-0.15, -0.1) is 0 Å². The van der Waals surface area contributed by atoms with Crippen molar-refractivity contribution in [3.05, 3.63) is 59.2 Å². The summed E-state index contributed by atoms with van der Waals surface area (Å²) in [6.07, 6.45) is 1.84. The molecule has 32 heavy (non-hydrogen) atoms. The Morgan fingerprint density at radius 3 is 2.81 bits per heavy atom. The Hall–Kier alpha value is -3.35. The Labute approximate surface area is 189 Å². The SMILES string of the molecule is [2H]C1CC1([2H])N(Cc1ccccc1OCCCCCC(=O)O)C(=O)c1ccc2c(c1)CC(=O)O2. The molecule has 1 saturated carbocycles. The normalized spacial score (nSPS) is 21.8. The van der Waals surface area contributed by atoms with Crippen molar-refractivity contribution < 1.29 is 31.7 Å². The number of hydrogen-bond donors (Lipinski definition) is 1. The molecular weight excluding hydrogens is 410 g/mol. The number of carbonyl (C=O) groups is 3. The Kier molecular flexibility index (Phi) is 5.95. The molecule has 1 fully saturated rings. The van der Waals surface area contributed by atoms with Crippen molar-refractivity contribution in [1.29, 1.82) is 0 Å². The zero-order valence-corrected chi connectivity index (χ0v) is 17.7. The predicted molar refractivity (Wildman–Crippen MR) is 117 cm³/mol. The van der Waals surface area contributed by atoms with E-state index >= 15 is 0 Å². The van der Waals surface area contributed by atoms with Gasteiger partial charge >= 0.3 is 11.9 Å². The lowest BCUT2D eigenvalue weighted by Crippen LogP contribution is -2.32. The number of esters is 1. The van der Waals surface area contributed by atoms with Crippen LogP contribution in [0.4, 0.5) is 0 Å². The van der Waals surface area contributed by atoms with Gasteiger partial charge in [0.25, 0.3) is 5.91 Å². The van der Waals surface area contributed by atoms with Gasteiger partial charge in [-0.2, -0.15) is 0 Å². The van der Waals surface area contributed by atoms with E-state index in [2.05, 4.69) is 0 Å². The van der Waals surface area contributed by atoms with Crippen LogP contribution in [0.15, 0.2) is 42.5 Å². The zero-order valence-electron chi connectivity index (χ0n) is 19.7. The molecule has 2 aromatic carbocycles.